The second-order valence-electron chi connectivity index (χ2n) is 7.68. The molecule has 0 spiro atoms. The molecule has 0 saturated heterocycles. The van der Waals surface area contributed by atoms with Gasteiger partial charge in [-0.05, 0) is 55.3 Å². The van der Waals surface area contributed by atoms with Gasteiger partial charge >= 0.3 is 0 Å². The van der Waals surface area contributed by atoms with Crippen LogP contribution >= 0.6 is 0 Å². The normalized spacial score (nSPS) is 11.5. The fourth-order valence-electron chi connectivity index (χ4n) is 3.66. The second kappa shape index (κ2) is 11.4. The molecule has 0 radical (unpaired) electrons. The number of methoxy groups -OCH3 is 3. The van der Waals surface area contributed by atoms with Crippen molar-refractivity contribution in [2.24, 2.45) is 5.73 Å². The van der Waals surface area contributed by atoms with E-state index < -0.39 is 0 Å². The molecule has 1 heterocycles. The minimum Gasteiger partial charge on any atom is -0.492 e. The fourth-order valence-corrected chi connectivity index (χ4v) is 3.66. The summed E-state index contributed by atoms with van der Waals surface area (Å²) in [5.41, 5.74) is 7.99. The van der Waals surface area contributed by atoms with Crippen LogP contribution in [-0.4, -0.2) is 50.7 Å². The largest absolute Gasteiger partial charge is 0.492 e. The quantitative estimate of drug-likeness (QED) is 0.478. The molecular weight excluding hydrogens is 434 g/mol. The van der Waals surface area contributed by atoms with Gasteiger partial charge < -0.3 is 29.6 Å². The van der Waals surface area contributed by atoms with Crippen LogP contribution in [0.4, 0.5) is 0 Å². The minimum atomic E-state index is -0.259. The first-order valence-electron chi connectivity index (χ1n) is 10.9. The predicted octanol–water partition coefficient (Wildman–Crippen LogP) is 4.23. The zero-order valence-corrected chi connectivity index (χ0v) is 20.2. The molecule has 34 heavy (non-hydrogen) atoms. The Labute approximate surface area is 200 Å². The highest BCUT2D eigenvalue weighted by atomic mass is 16.5. The lowest BCUT2D eigenvalue weighted by Crippen LogP contribution is -2.30. The Morgan fingerprint density at radius 2 is 1.59 bits per heavy atom. The first-order chi connectivity index (χ1) is 16.4. The molecule has 3 aromatic rings. The maximum absolute atomic E-state index is 13.6. The Hall–Kier alpha value is -3.78. The lowest BCUT2D eigenvalue weighted by atomic mass is 10.1. The number of nitrogens with zero attached hydrogens (tertiary/aromatic N) is 2. The van der Waals surface area contributed by atoms with E-state index in [-0.39, 0.29) is 23.4 Å². The number of carbonyl (C=O) groups excluding carboxylic acids is 1. The summed E-state index contributed by atoms with van der Waals surface area (Å²) in [4.78, 5) is 19.3. The second-order valence-corrected chi connectivity index (χ2v) is 7.68. The van der Waals surface area contributed by atoms with Gasteiger partial charge in [0.1, 0.15) is 5.75 Å². The van der Waals surface area contributed by atoms with Crippen LogP contribution in [0.25, 0.3) is 0 Å². The van der Waals surface area contributed by atoms with Crippen LogP contribution in [0.1, 0.15) is 34.5 Å². The van der Waals surface area contributed by atoms with Crippen LogP contribution in [0.3, 0.4) is 0 Å². The summed E-state index contributed by atoms with van der Waals surface area (Å²) >= 11 is 0. The predicted molar refractivity (Wildman–Crippen MR) is 130 cm³/mol. The number of carbonyl (C=O) groups is 1. The number of pyridine rings is 1. The smallest absolute Gasteiger partial charge is 0.258 e. The van der Waals surface area contributed by atoms with Gasteiger partial charge in [0.2, 0.25) is 11.5 Å². The monoisotopic (exact) mass is 465 g/mol. The fraction of sp³-hybridized carbons (Fsp3) is 0.308. The molecule has 180 valence electrons. The van der Waals surface area contributed by atoms with Crippen molar-refractivity contribution < 1.29 is 23.7 Å². The molecule has 1 amide bonds. The van der Waals surface area contributed by atoms with Crippen LogP contribution in [0.15, 0.2) is 54.9 Å². The van der Waals surface area contributed by atoms with Gasteiger partial charge in [0.05, 0.1) is 32.9 Å². The number of amides is 1. The van der Waals surface area contributed by atoms with Crippen LogP contribution in [0.5, 0.6) is 28.7 Å². The number of nitrogens with two attached hydrogens (primary N) is 1. The van der Waals surface area contributed by atoms with E-state index in [4.69, 9.17) is 24.7 Å². The SMILES string of the molecule is COc1c(Oc2ccc(CCN)cc2)cc(C(=O)N(C)C(C)c2ccncc2)c(OC)c1OC. The Bertz CT molecular complexity index is 1100. The topological polar surface area (TPSA) is 96.1 Å². The van der Waals surface area contributed by atoms with Crippen molar-refractivity contribution in [3.63, 3.8) is 0 Å². The zero-order valence-electron chi connectivity index (χ0n) is 20.2. The van der Waals surface area contributed by atoms with Gasteiger partial charge in [-0.2, -0.15) is 0 Å². The summed E-state index contributed by atoms with van der Waals surface area (Å²) < 4.78 is 22.9. The summed E-state index contributed by atoms with van der Waals surface area (Å²) in [5.74, 6) is 1.53. The molecule has 0 saturated carbocycles. The third-order valence-corrected chi connectivity index (χ3v) is 5.67. The number of benzene rings is 2. The molecule has 0 bridgehead atoms. The van der Waals surface area contributed by atoms with Crippen molar-refractivity contribution in [1.29, 1.82) is 0 Å². The summed E-state index contributed by atoms with van der Waals surface area (Å²) in [5, 5.41) is 0. The van der Waals surface area contributed by atoms with Gasteiger partial charge in [0.15, 0.2) is 11.5 Å². The summed E-state index contributed by atoms with van der Waals surface area (Å²) in [7, 11) is 6.22. The highest BCUT2D eigenvalue weighted by Crippen LogP contribution is 2.48. The Morgan fingerprint density at radius 3 is 2.15 bits per heavy atom. The van der Waals surface area contributed by atoms with Crippen molar-refractivity contribution in [1.82, 2.24) is 9.88 Å². The summed E-state index contributed by atoms with van der Waals surface area (Å²) in [6.07, 6.45) is 4.18. The third kappa shape index (κ3) is 5.23. The van der Waals surface area contributed by atoms with E-state index in [0.717, 1.165) is 17.5 Å². The average molecular weight is 466 g/mol. The van der Waals surface area contributed by atoms with Crippen molar-refractivity contribution in [3.05, 3.63) is 71.5 Å². The number of aromatic nitrogens is 1. The molecule has 1 aromatic heterocycles. The Morgan fingerprint density at radius 1 is 0.971 bits per heavy atom. The molecule has 8 nitrogen and oxygen atoms in total. The summed E-state index contributed by atoms with van der Waals surface area (Å²) in [6, 6.07) is 12.8. The van der Waals surface area contributed by atoms with Gasteiger partial charge in [-0.1, -0.05) is 12.1 Å². The maximum atomic E-state index is 13.6. The lowest BCUT2D eigenvalue weighted by Gasteiger charge is -2.27. The van der Waals surface area contributed by atoms with E-state index >= 15 is 0 Å². The van der Waals surface area contributed by atoms with E-state index in [1.165, 1.54) is 21.3 Å². The molecule has 2 N–H and O–H groups in total. The highest BCUT2D eigenvalue weighted by Gasteiger charge is 2.29. The molecule has 0 aliphatic heterocycles. The Kier molecular flexibility index (Phi) is 8.32. The van der Waals surface area contributed by atoms with Crippen LogP contribution in [0.2, 0.25) is 0 Å². The average Bonchev–Trinajstić information content (AvgIpc) is 2.88. The molecule has 8 heteroatoms. The van der Waals surface area contributed by atoms with Crippen molar-refractivity contribution >= 4 is 5.91 Å². The van der Waals surface area contributed by atoms with Gasteiger partial charge in [0.25, 0.3) is 5.91 Å². The first kappa shape index (κ1) is 24.9. The van der Waals surface area contributed by atoms with Crippen molar-refractivity contribution in [3.8, 4) is 28.7 Å². The van der Waals surface area contributed by atoms with Crippen molar-refractivity contribution in [2.45, 2.75) is 19.4 Å². The van der Waals surface area contributed by atoms with Crippen LogP contribution < -0.4 is 24.7 Å². The van der Waals surface area contributed by atoms with E-state index in [9.17, 15) is 4.79 Å². The van der Waals surface area contributed by atoms with Crippen LogP contribution in [-0.2, 0) is 6.42 Å². The molecule has 1 atom stereocenters. The van der Waals surface area contributed by atoms with Gasteiger partial charge in [0, 0.05) is 25.5 Å². The number of hydrogen-bond donors (Lipinski definition) is 1. The zero-order chi connectivity index (χ0) is 24.7. The van der Waals surface area contributed by atoms with E-state index in [1.54, 1.807) is 30.4 Å². The third-order valence-electron chi connectivity index (χ3n) is 5.67. The lowest BCUT2D eigenvalue weighted by molar-refractivity contribution is 0.0738. The van der Waals surface area contributed by atoms with E-state index in [2.05, 4.69) is 4.98 Å². The molecule has 0 aliphatic carbocycles. The number of rotatable bonds is 10. The van der Waals surface area contributed by atoms with Gasteiger partial charge in [-0.15, -0.1) is 0 Å². The molecule has 3 rings (SSSR count). The molecule has 0 fully saturated rings. The Balaban J connectivity index is 2.03. The van der Waals surface area contributed by atoms with Gasteiger partial charge in [-0.25, -0.2) is 0 Å². The molecular formula is C26H31N3O5. The van der Waals surface area contributed by atoms with E-state index in [1.807, 2.05) is 43.3 Å². The molecule has 0 aliphatic rings. The maximum Gasteiger partial charge on any atom is 0.258 e. The summed E-state index contributed by atoms with van der Waals surface area (Å²) in [6.45, 7) is 2.52. The standard InChI is InChI=1S/C26H31N3O5/c1-17(19-11-14-28-15-12-19)29(2)26(30)21-16-22(24(32-4)25(33-5)23(21)31-3)34-20-8-6-18(7-9-20)10-13-27/h6-9,11-12,14-17H,10,13,27H2,1-5H3. The molecule has 2 aromatic carbocycles. The first-order valence-corrected chi connectivity index (χ1v) is 10.9. The van der Waals surface area contributed by atoms with Crippen molar-refractivity contribution in [2.75, 3.05) is 34.9 Å². The minimum absolute atomic E-state index is 0.201. The van der Waals surface area contributed by atoms with Crippen LogP contribution in [0, 0.1) is 0 Å². The highest BCUT2D eigenvalue weighted by molar-refractivity contribution is 5.99. The van der Waals surface area contributed by atoms with E-state index in [0.29, 0.717) is 29.4 Å². The number of ether oxygens (including phenoxy) is 4. The molecule has 1 unspecified atom stereocenters. The van der Waals surface area contributed by atoms with Gasteiger partial charge in [-0.3, -0.25) is 9.78 Å². The number of hydrogen-bond acceptors (Lipinski definition) is 7.